The van der Waals surface area contributed by atoms with Crippen LogP contribution in [0.15, 0.2) is 36.4 Å². The third-order valence-electron chi connectivity index (χ3n) is 8.86. The fraction of sp³-hybridized carbons (Fsp3) is 0.576. The normalized spacial score (nSPS) is 27.7. The van der Waals surface area contributed by atoms with Crippen molar-refractivity contribution in [3.63, 3.8) is 0 Å². The second kappa shape index (κ2) is 15.8. The number of nitrogens with one attached hydrogen (secondary N) is 4. The summed E-state index contributed by atoms with van der Waals surface area (Å²) in [6.45, 7) is 2.64. The summed E-state index contributed by atoms with van der Waals surface area (Å²) in [6, 6.07) is 11.8. The van der Waals surface area contributed by atoms with E-state index in [0.717, 1.165) is 68.9 Å². The molecular formula is C33H44Br2N4O4. The number of carbonyl (C=O) groups is 2. The topological polar surface area (TPSA) is 101 Å². The zero-order valence-corrected chi connectivity index (χ0v) is 28.1. The summed E-state index contributed by atoms with van der Waals surface area (Å²) in [5.41, 5.74) is 3.23. The summed E-state index contributed by atoms with van der Waals surface area (Å²) in [5.74, 6) is 1.32. The lowest BCUT2D eigenvalue weighted by Crippen LogP contribution is -2.51. The van der Waals surface area contributed by atoms with Crippen LogP contribution in [-0.4, -0.2) is 55.4 Å². The number of alkyl halides is 2. The Bertz CT molecular complexity index is 1260. The summed E-state index contributed by atoms with van der Waals surface area (Å²) in [5, 5.41) is 15.3. The number of amides is 1. The number of Topliss-reactive ketones (excluding diaryl/α,β-unsaturated/α-hetero) is 1. The van der Waals surface area contributed by atoms with E-state index in [0.29, 0.717) is 46.7 Å². The van der Waals surface area contributed by atoms with Gasteiger partial charge in [-0.2, -0.15) is 0 Å². The first-order valence-corrected chi connectivity index (χ1v) is 17.9. The van der Waals surface area contributed by atoms with Crippen molar-refractivity contribution in [3.05, 3.63) is 58.7 Å². The first-order chi connectivity index (χ1) is 20.9. The van der Waals surface area contributed by atoms with Gasteiger partial charge in [0.15, 0.2) is 5.78 Å². The average molecular weight is 721 g/mol. The quantitative estimate of drug-likeness (QED) is 0.285. The Morgan fingerprint density at radius 1 is 0.721 bits per heavy atom. The summed E-state index contributed by atoms with van der Waals surface area (Å²) in [7, 11) is 0. The molecule has 0 radical (unpaired) electrons. The van der Waals surface area contributed by atoms with Crippen molar-refractivity contribution in [1.82, 2.24) is 21.3 Å². The predicted octanol–water partition coefficient (Wildman–Crippen LogP) is 5.95. The van der Waals surface area contributed by atoms with Gasteiger partial charge in [-0.15, -0.1) is 0 Å². The first-order valence-electron chi connectivity index (χ1n) is 15.6. The molecule has 5 atom stereocenters. The van der Waals surface area contributed by atoms with Crippen LogP contribution in [0.2, 0.25) is 0 Å². The number of fused-ring (bicyclic) bond motifs is 7. The van der Waals surface area contributed by atoms with Gasteiger partial charge in [0, 0.05) is 46.0 Å². The number of hydrogen-bond acceptors (Lipinski definition) is 7. The largest absolute Gasteiger partial charge is 0.478 e. The Hall–Kier alpha value is -1.98. The van der Waals surface area contributed by atoms with Crippen LogP contribution in [0.1, 0.15) is 96.6 Å². The maximum atomic E-state index is 13.6. The van der Waals surface area contributed by atoms with Crippen LogP contribution in [0.5, 0.6) is 11.5 Å². The van der Waals surface area contributed by atoms with Crippen LogP contribution in [0, 0.1) is 0 Å². The highest BCUT2D eigenvalue weighted by Gasteiger charge is 2.27. The molecular weight excluding hydrogens is 676 g/mol. The molecule has 5 rings (SSSR count). The van der Waals surface area contributed by atoms with Crippen molar-refractivity contribution in [1.29, 1.82) is 0 Å². The second-order valence-electron chi connectivity index (χ2n) is 12.1. The number of halogens is 2. The molecule has 4 N–H and O–H groups in total. The fourth-order valence-electron chi connectivity index (χ4n) is 6.59. The minimum atomic E-state index is -0.363. The zero-order chi connectivity index (χ0) is 30.2. The second-order valence-corrected chi connectivity index (χ2v) is 13.2. The van der Waals surface area contributed by atoms with Crippen LogP contribution >= 0.6 is 31.9 Å². The van der Waals surface area contributed by atoms with E-state index in [1.807, 2.05) is 43.3 Å². The summed E-state index contributed by atoms with van der Waals surface area (Å²) >= 11 is 7.11. The fourth-order valence-corrected chi connectivity index (χ4v) is 7.24. The third-order valence-corrected chi connectivity index (χ3v) is 10.2. The van der Waals surface area contributed by atoms with Gasteiger partial charge in [-0.25, -0.2) is 0 Å². The zero-order valence-electron chi connectivity index (χ0n) is 24.9. The van der Waals surface area contributed by atoms with Gasteiger partial charge in [-0.3, -0.25) is 20.2 Å². The van der Waals surface area contributed by atoms with Crippen molar-refractivity contribution in [2.75, 3.05) is 13.5 Å². The highest BCUT2D eigenvalue weighted by Crippen LogP contribution is 2.25. The lowest BCUT2D eigenvalue weighted by atomic mass is 9.90. The molecule has 0 aromatic heterocycles. The number of ether oxygens (including phenoxy) is 2. The first kappa shape index (κ1) is 32.4. The van der Waals surface area contributed by atoms with Gasteiger partial charge < -0.3 is 20.1 Å². The maximum absolute atomic E-state index is 13.6. The molecule has 10 heteroatoms. The Kier molecular flexibility index (Phi) is 11.9. The Morgan fingerprint density at radius 2 is 1.26 bits per heavy atom. The van der Waals surface area contributed by atoms with Gasteiger partial charge in [0.05, 0.1) is 6.04 Å². The van der Waals surface area contributed by atoms with Crippen molar-refractivity contribution >= 4 is 43.6 Å². The van der Waals surface area contributed by atoms with Gasteiger partial charge in [-0.1, -0.05) is 57.5 Å². The number of rotatable bonds is 2. The molecule has 43 heavy (non-hydrogen) atoms. The van der Waals surface area contributed by atoms with Crippen LogP contribution in [0.3, 0.4) is 0 Å². The van der Waals surface area contributed by atoms with Crippen molar-refractivity contribution in [3.8, 4) is 11.5 Å². The minimum Gasteiger partial charge on any atom is -0.478 e. The molecule has 0 saturated heterocycles. The van der Waals surface area contributed by atoms with Crippen LogP contribution < -0.4 is 30.7 Å². The molecule has 8 nitrogen and oxygen atoms in total. The highest BCUT2D eigenvalue weighted by molar-refractivity contribution is 9.08. The Balaban J connectivity index is 1.40. The number of benzene rings is 2. The monoisotopic (exact) mass is 718 g/mol. The van der Waals surface area contributed by atoms with Gasteiger partial charge in [0.2, 0.25) is 0 Å². The smallest absolute Gasteiger partial charge is 0.251 e. The molecule has 1 amide bonds. The molecule has 2 saturated carbocycles. The molecule has 3 aliphatic rings. The molecule has 0 spiro atoms. The van der Waals surface area contributed by atoms with Crippen LogP contribution in [-0.2, 0) is 10.7 Å². The van der Waals surface area contributed by atoms with E-state index in [1.165, 1.54) is 0 Å². The molecule has 2 aromatic rings. The van der Waals surface area contributed by atoms with E-state index in [9.17, 15) is 9.59 Å². The van der Waals surface area contributed by atoms with Crippen molar-refractivity contribution in [2.45, 2.75) is 106 Å². The molecule has 2 aliphatic carbocycles. The Labute approximate surface area is 272 Å². The predicted molar refractivity (Wildman–Crippen MR) is 177 cm³/mol. The van der Waals surface area contributed by atoms with E-state index in [4.69, 9.17) is 9.47 Å². The van der Waals surface area contributed by atoms with Crippen molar-refractivity contribution < 1.29 is 19.1 Å². The lowest BCUT2D eigenvalue weighted by Gasteiger charge is -2.33. The summed E-state index contributed by atoms with van der Waals surface area (Å²) < 4.78 is 12.3. The van der Waals surface area contributed by atoms with Gasteiger partial charge in [0.1, 0.15) is 25.0 Å². The highest BCUT2D eigenvalue weighted by atomic mass is 79.9. The molecule has 1 aliphatic heterocycles. The minimum absolute atomic E-state index is 0.0267. The van der Waals surface area contributed by atoms with Crippen molar-refractivity contribution in [2.24, 2.45) is 0 Å². The average Bonchev–Trinajstić information content (AvgIpc) is 3.25. The van der Waals surface area contributed by atoms with E-state index in [-0.39, 0.29) is 41.9 Å². The lowest BCUT2D eigenvalue weighted by molar-refractivity contribution is 0.0915. The maximum Gasteiger partial charge on any atom is 0.251 e. The molecule has 234 valence electrons. The molecule has 1 heterocycles. The summed E-state index contributed by atoms with van der Waals surface area (Å²) in [6.07, 6.45) is 9.17. The summed E-state index contributed by atoms with van der Waals surface area (Å²) in [4.78, 5) is 27.1. The number of ketones is 1. The van der Waals surface area contributed by atoms with Gasteiger partial charge in [0.25, 0.3) is 5.91 Å². The van der Waals surface area contributed by atoms with Crippen LogP contribution in [0.4, 0.5) is 0 Å². The molecule has 5 unspecified atom stereocenters. The third kappa shape index (κ3) is 9.03. The Morgan fingerprint density at radius 3 is 1.86 bits per heavy atom. The van der Waals surface area contributed by atoms with E-state index in [2.05, 4.69) is 53.1 Å². The van der Waals surface area contributed by atoms with E-state index >= 15 is 0 Å². The SMILES string of the molecule is CC1NC2CCCCC(C2)NC(=O)c2cc(CBr)cc(c2)OCNC2CCCCC2NCOc2cc(CBr)cc(c2)C1=O. The number of carbonyl (C=O) groups excluding carboxylic acids is 2. The molecule has 6 bridgehead atoms. The van der Waals surface area contributed by atoms with Gasteiger partial charge in [-0.05, 0) is 86.6 Å². The van der Waals surface area contributed by atoms with E-state index < -0.39 is 0 Å². The molecule has 2 fully saturated rings. The van der Waals surface area contributed by atoms with E-state index in [1.54, 1.807) is 0 Å². The van der Waals surface area contributed by atoms with Gasteiger partial charge >= 0.3 is 0 Å². The van der Waals surface area contributed by atoms with Crippen LogP contribution in [0.25, 0.3) is 0 Å². The standard InChI is InChI=1S/C33H44Br2N4O4/c1-21-32(40)24-10-22(17-34)12-28(14-24)42-19-36-30-8-4-5-9-31(30)37-20-43-29-13-23(18-35)11-25(15-29)33(41)39-27-7-3-2-6-26(16-27)38-21/h10-15,21,26-27,30-31,36-38H,2-9,16-20H2,1H3,(H,39,41). The molecule has 2 aromatic carbocycles. The number of hydrogen-bond donors (Lipinski definition) is 4.